The molecule has 1 aromatic heterocycles. The quantitative estimate of drug-likeness (QED) is 0.768. The van der Waals surface area contributed by atoms with Gasteiger partial charge < -0.3 is 10.3 Å². The van der Waals surface area contributed by atoms with E-state index in [1.54, 1.807) is 18.2 Å². The van der Waals surface area contributed by atoms with E-state index in [2.05, 4.69) is 0 Å². The Morgan fingerprint density at radius 3 is 2.88 bits per heavy atom. The molecule has 0 aliphatic rings. The molecule has 0 unspecified atom stereocenters. The van der Waals surface area contributed by atoms with E-state index in [0.717, 1.165) is 16.6 Å². The number of hydrogen-bond donors (Lipinski definition) is 1. The van der Waals surface area contributed by atoms with Crippen LogP contribution in [0.4, 0.5) is 4.39 Å². The number of nitrogens with zero attached hydrogens (tertiary/aromatic N) is 1. The van der Waals surface area contributed by atoms with Crippen molar-refractivity contribution in [3.05, 3.63) is 41.9 Å². The summed E-state index contributed by atoms with van der Waals surface area (Å²) in [6.07, 6.45) is 2.89. The van der Waals surface area contributed by atoms with Gasteiger partial charge in [0, 0.05) is 29.7 Å². The van der Waals surface area contributed by atoms with Gasteiger partial charge in [-0.3, -0.25) is 4.79 Å². The fourth-order valence-corrected chi connectivity index (χ4v) is 1.67. The molecular formula is C12H11FN2O. The summed E-state index contributed by atoms with van der Waals surface area (Å²) >= 11 is 0. The Kier molecular flexibility index (Phi) is 2.48. The highest BCUT2D eigenvalue weighted by atomic mass is 19.1. The van der Waals surface area contributed by atoms with Crippen LogP contribution in [0.1, 0.15) is 5.69 Å². The first-order chi connectivity index (χ1) is 7.58. The summed E-state index contributed by atoms with van der Waals surface area (Å²) in [5.41, 5.74) is 6.73. The van der Waals surface area contributed by atoms with Gasteiger partial charge in [-0.05, 0) is 30.3 Å². The van der Waals surface area contributed by atoms with Gasteiger partial charge in [0.1, 0.15) is 5.82 Å². The maximum Gasteiger partial charge on any atom is 0.241 e. The molecule has 1 heterocycles. The monoisotopic (exact) mass is 218 g/mol. The van der Waals surface area contributed by atoms with Crippen LogP contribution in [0.15, 0.2) is 30.3 Å². The van der Waals surface area contributed by atoms with Gasteiger partial charge in [-0.2, -0.15) is 0 Å². The van der Waals surface area contributed by atoms with Gasteiger partial charge in [0.2, 0.25) is 5.91 Å². The smallest absolute Gasteiger partial charge is 0.241 e. The number of nitrogens with two attached hydrogens (primary N) is 1. The highest BCUT2D eigenvalue weighted by Gasteiger charge is 2.04. The first-order valence-corrected chi connectivity index (χ1v) is 4.80. The second kappa shape index (κ2) is 3.81. The maximum absolute atomic E-state index is 13.0. The topological polar surface area (TPSA) is 48.0 Å². The van der Waals surface area contributed by atoms with E-state index >= 15 is 0 Å². The predicted octanol–water partition coefficient (Wildman–Crippen LogP) is 1.82. The number of rotatable bonds is 2. The van der Waals surface area contributed by atoms with Crippen LogP contribution in [-0.2, 0) is 11.8 Å². The van der Waals surface area contributed by atoms with Crippen molar-refractivity contribution in [1.29, 1.82) is 0 Å². The largest absolute Gasteiger partial charge is 0.366 e. The van der Waals surface area contributed by atoms with Crippen LogP contribution in [-0.4, -0.2) is 10.5 Å². The molecule has 0 atom stereocenters. The zero-order valence-electron chi connectivity index (χ0n) is 8.77. The Labute approximate surface area is 92.0 Å². The van der Waals surface area contributed by atoms with Gasteiger partial charge in [-0.25, -0.2) is 4.39 Å². The van der Waals surface area contributed by atoms with E-state index in [9.17, 15) is 9.18 Å². The summed E-state index contributed by atoms with van der Waals surface area (Å²) in [4.78, 5) is 10.6. The molecule has 82 valence electrons. The van der Waals surface area contributed by atoms with Gasteiger partial charge in [0.05, 0.1) is 0 Å². The first-order valence-electron chi connectivity index (χ1n) is 4.80. The highest BCUT2D eigenvalue weighted by Crippen LogP contribution is 2.20. The number of benzene rings is 1. The molecule has 16 heavy (non-hydrogen) atoms. The minimum absolute atomic E-state index is 0.275. The van der Waals surface area contributed by atoms with E-state index in [4.69, 9.17) is 5.73 Å². The normalized spacial score (nSPS) is 11.4. The summed E-state index contributed by atoms with van der Waals surface area (Å²) in [5.74, 6) is -0.778. The molecule has 2 N–H and O–H groups in total. The molecule has 0 saturated carbocycles. The molecule has 2 aromatic rings. The molecule has 0 spiro atoms. The summed E-state index contributed by atoms with van der Waals surface area (Å²) < 4.78 is 14.9. The molecule has 1 amide bonds. The number of carbonyl (C=O) groups is 1. The lowest BCUT2D eigenvalue weighted by Gasteiger charge is -1.98. The zero-order valence-corrected chi connectivity index (χ0v) is 8.77. The SMILES string of the molecule is Cn1c(/C=C\C(N)=O)cc2cc(F)ccc21. The molecule has 2 rings (SSSR count). The maximum atomic E-state index is 13.0. The Morgan fingerprint density at radius 2 is 2.19 bits per heavy atom. The van der Waals surface area contributed by atoms with Crippen molar-refractivity contribution in [3.63, 3.8) is 0 Å². The fourth-order valence-electron chi connectivity index (χ4n) is 1.67. The van der Waals surface area contributed by atoms with Crippen LogP contribution in [0.5, 0.6) is 0 Å². The Bertz CT molecular complexity index is 584. The molecule has 4 heteroatoms. The minimum Gasteiger partial charge on any atom is -0.366 e. The number of aromatic nitrogens is 1. The van der Waals surface area contributed by atoms with Crippen LogP contribution in [0, 0.1) is 5.82 Å². The Balaban J connectivity index is 2.55. The average molecular weight is 218 g/mol. The molecule has 0 bridgehead atoms. The van der Waals surface area contributed by atoms with Crippen molar-refractivity contribution >= 4 is 22.9 Å². The van der Waals surface area contributed by atoms with Crippen LogP contribution in [0.25, 0.3) is 17.0 Å². The van der Waals surface area contributed by atoms with Crippen molar-refractivity contribution in [2.24, 2.45) is 12.8 Å². The van der Waals surface area contributed by atoms with E-state index in [-0.39, 0.29) is 5.82 Å². The fraction of sp³-hybridized carbons (Fsp3) is 0.0833. The van der Waals surface area contributed by atoms with Crippen molar-refractivity contribution in [2.45, 2.75) is 0 Å². The van der Waals surface area contributed by atoms with Crippen LogP contribution in [0.2, 0.25) is 0 Å². The van der Waals surface area contributed by atoms with Crippen LogP contribution in [0.3, 0.4) is 0 Å². The molecule has 0 radical (unpaired) electrons. The molecule has 1 aromatic carbocycles. The molecule has 3 nitrogen and oxygen atoms in total. The minimum atomic E-state index is -0.503. The Hall–Kier alpha value is -2.10. The number of hydrogen-bond acceptors (Lipinski definition) is 1. The third kappa shape index (κ3) is 1.82. The van der Waals surface area contributed by atoms with Crippen molar-refractivity contribution in [3.8, 4) is 0 Å². The van der Waals surface area contributed by atoms with Crippen LogP contribution >= 0.6 is 0 Å². The van der Waals surface area contributed by atoms with E-state index in [0.29, 0.717) is 0 Å². The number of halogens is 1. The number of carbonyl (C=O) groups excluding carboxylic acids is 1. The van der Waals surface area contributed by atoms with Gasteiger partial charge in [0.25, 0.3) is 0 Å². The average Bonchev–Trinajstić information content (AvgIpc) is 2.52. The van der Waals surface area contributed by atoms with Gasteiger partial charge in [-0.15, -0.1) is 0 Å². The third-order valence-electron chi connectivity index (χ3n) is 2.46. The van der Waals surface area contributed by atoms with E-state index in [1.165, 1.54) is 18.2 Å². The lowest BCUT2D eigenvalue weighted by Crippen LogP contribution is -2.05. The molecular weight excluding hydrogens is 207 g/mol. The van der Waals surface area contributed by atoms with Crippen molar-refractivity contribution in [2.75, 3.05) is 0 Å². The lowest BCUT2D eigenvalue weighted by atomic mass is 10.2. The molecule has 0 saturated heterocycles. The summed E-state index contributed by atoms with van der Waals surface area (Å²) in [6.45, 7) is 0. The molecule has 0 fully saturated rings. The predicted molar refractivity (Wildman–Crippen MR) is 61.1 cm³/mol. The van der Waals surface area contributed by atoms with Gasteiger partial charge in [-0.1, -0.05) is 0 Å². The Morgan fingerprint density at radius 1 is 1.44 bits per heavy atom. The van der Waals surface area contributed by atoms with Crippen LogP contribution < -0.4 is 5.73 Å². The van der Waals surface area contributed by atoms with E-state index in [1.807, 2.05) is 11.6 Å². The third-order valence-corrected chi connectivity index (χ3v) is 2.46. The number of aryl methyl sites for hydroxylation is 1. The highest BCUT2D eigenvalue weighted by molar-refractivity contribution is 5.91. The standard InChI is InChI=1S/C12H11FN2O/c1-15-10(3-5-12(14)16)7-8-6-9(13)2-4-11(8)15/h2-7H,1H3,(H2,14,16)/b5-3-. The second-order valence-electron chi connectivity index (χ2n) is 3.57. The summed E-state index contributed by atoms with van der Waals surface area (Å²) in [6, 6.07) is 6.37. The number of primary amides is 1. The van der Waals surface area contributed by atoms with Gasteiger partial charge in [0.15, 0.2) is 0 Å². The van der Waals surface area contributed by atoms with E-state index < -0.39 is 5.91 Å². The first kappa shape index (κ1) is 10.4. The number of fused-ring (bicyclic) bond motifs is 1. The second-order valence-corrected chi connectivity index (χ2v) is 3.57. The van der Waals surface area contributed by atoms with Crippen molar-refractivity contribution < 1.29 is 9.18 Å². The van der Waals surface area contributed by atoms with Gasteiger partial charge >= 0.3 is 0 Å². The zero-order chi connectivity index (χ0) is 11.7. The summed E-state index contributed by atoms with van der Waals surface area (Å²) in [5, 5.41) is 0.798. The molecule has 0 aliphatic heterocycles. The van der Waals surface area contributed by atoms with Crippen molar-refractivity contribution in [1.82, 2.24) is 4.57 Å². The number of amides is 1. The molecule has 0 aliphatic carbocycles. The summed E-state index contributed by atoms with van der Waals surface area (Å²) in [7, 11) is 1.85. The lowest BCUT2D eigenvalue weighted by molar-refractivity contribution is -0.113.